The number of unbranched alkanes of at least 4 members (excludes halogenated alkanes) is 2. The normalized spacial score (nSPS) is 10.7. The molecule has 0 saturated heterocycles. The van der Waals surface area contributed by atoms with Gasteiger partial charge in [-0.05, 0) is 12.8 Å². The molecule has 0 aliphatic rings. The first-order chi connectivity index (χ1) is 4.41. The number of hydrogen-bond donors (Lipinski definition) is 0. The number of rotatable bonds is 6. The molecule has 0 aromatic heterocycles. The van der Waals surface area contributed by atoms with Crippen molar-refractivity contribution in [1.82, 2.24) is 0 Å². The Morgan fingerprint density at radius 3 is 1.56 bits per heavy atom. The lowest BCUT2D eigenvalue weighted by atomic mass is 10.3. The zero-order valence-corrected chi connectivity index (χ0v) is 7.04. The van der Waals surface area contributed by atoms with Crippen LogP contribution in [-0.2, 0) is 9.13 Å². The molecule has 52 valence electrons. The molecule has 0 unspecified atom stereocenters. The van der Waals surface area contributed by atoms with Crippen LogP contribution in [-0.4, -0.2) is 12.3 Å². The average Bonchev–Trinajstić information content (AvgIpc) is 1.89. The molecule has 2 nitrogen and oxygen atoms in total. The van der Waals surface area contributed by atoms with E-state index in [1.54, 1.807) is 0 Å². The Hall–Kier alpha value is 0.200. The fraction of sp³-hybridized carbons (Fsp3) is 1.00. The highest BCUT2D eigenvalue weighted by molar-refractivity contribution is 7.23. The van der Waals surface area contributed by atoms with Gasteiger partial charge in [0.2, 0.25) is 0 Å². The van der Waals surface area contributed by atoms with Gasteiger partial charge < -0.3 is 0 Å². The van der Waals surface area contributed by atoms with Gasteiger partial charge in [0, 0.05) is 12.3 Å². The van der Waals surface area contributed by atoms with Gasteiger partial charge >= 0.3 is 0 Å². The minimum absolute atomic E-state index is 0.234. The van der Waals surface area contributed by atoms with Crippen LogP contribution in [0.5, 0.6) is 0 Å². The summed E-state index contributed by atoms with van der Waals surface area (Å²) < 4.78 is 19.7. The molecule has 9 heavy (non-hydrogen) atoms. The molecule has 0 aliphatic heterocycles. The summed E-state index contributed by atoms with van der Waals surface area (Å²) in [5.41, 5.74) is 0. The predicted octanol–water partition coefficient (Wildman–Crippen LogP) is 2.74. The summed E-state index contributed by atoms with van der Waals surface area (Å²) in [5, 5.41) is 0. The summed E-state index contributed by atoms with van der Waals surface area (Å²) in [5.74, 6) is 0. The minimum Gasteiger partial charge on any atom is -0.275 e. The zero-order valence-electron chi connectivity index (χ0n) is 5.25. The van der Waals surface area contributed by atoms with Crippen molar-refractivity contribution in [2.75, 3.05) is 12.3 Å². The third-order valence-electron chi connectivity index (χ3n) is 0.999. The van der Waals surface area contributed by atoms with Crippen molar-refractivity contribution in [3.63, 3.8) is 0 Å². The first kappa shape index (κ1) is 9.20. The van der Waals surface area contributed by atoms with Gasteiger partial charge in [-0.3, -0.25) is 9.13 Å². The maximum atomic E-state index is 9.87. The lowest BCUT2D eigenvalue weighted by Gasteiger charge is -1.88. The third-order valence-corrected chi connectivity index (χ3v) is 2.00. The van der Waals surface area contributed by atoms with E-state index in [2.05, 4.69) is 0 Å². The van der Waals surface area contributed by atoms with Crippen molar-refractivity contribution in [1.29, 1.82) is 0 Å². The summed E-state index contributed by atoms with van der Waals surface area (Å²) >= 11 is 0. The molecule has 0 bridgehead atoms. The maximum absolute atomic E-state index is 9.87. The molecule has 0 heterocycles. The van der Waals surface area contributed by atoms with Crippen LogP contribution in [0.15, 0.2) is 0 Å². The molecular weight excluding hydrogens is 154 g/mol. The van der Waals surface area contributed by atoms with Crippen LogP contribution in [0.4, 0.5) is 0 Å². The summed E-state index contributed by atoms with van der Waals surface area (Å²) in [6.45, 7) is 0. The molecule has 0 aliphatic carbocycles. The lowest BCUT2D eigenvalue weighted by Crippen LogP contribution is -1.77. The monoisotopic (exact) mass is 164 g/mol. The number of hydrogen-bond acceptors (Lipinski definition) is 2. The Morgan fingerprint density at radius 1 is 0.778 bits per heavy atom. The van der Waals surface area contributed by atoms with Gasteiger partial charge in [0.15, 0.2) is 16.9 Å². The zero-order chi connectivity index (χ0) is 6.95. The summed E-state index contributed by atoms with van der Waals surface area (Å²) in [7, 11) is 0.469. The summed E-state index contributed by atoms with van der Waals surface area (Å²) in [6.07, 6.45) is 4.51. The van der Waals surface area contributed by atoms with Crippen LogP contribution in [0, 0.1) is 0 Å². The van der Waals surface area contributed by atoms with Crippen molar-refractivity contribution in [3.8, 4) is 0 Å². The lowest BCUT2D eigenvalue weighted by molar-refractivity contribution is 0.594. The highest BCUT2D eigenvalue weighted by atomic mass is 31.1. The van der Waals surface area contributed by atoms with E-state index >= 15 is 0 Å². The van der Waals surface area contributed by atoms with Gasteiger partial charge in [0.1, 0.15) is 0 Å². The molecular formula is C5H10O2P2. The Morgan fingerprint density at radius 2 is 1.22 bits per heavy atom. The van der Waals surface area contributed by atoms with Crippen LogP contribution in [0.2, 0.25) is 0 Å². The van der Waals surface area contributed by atoms with Gasteiger partial charge in [0.05, 0.1) is 0 Å². The first-order valence-corrected chi connectivity index (χ1v) is 4.99. The predicted molar refractivity (Wildman–Crippen MR) is 38.8 cm³/mol. The van der Waals surface area contributed by atoms with Gasteiger partial charge in [-0.15, -0.1) is 0 Å². The topological polar surface area (TPSA) is 34.1 Å². The van der Waals surface area contributed by atoms with Gasteiger partial charge in [0.25, 0.3) is 0 Å². The standard InChI is InChI=1S/C5H10O2P2/c6-8-4-2-1-3-5-9-7/h1-5H2. The molecule has 0 aromatic carbocycles. The second-order valence-electron chi connectivity index (χ2n) is 1.77. The van der Waals surface area contributed by atoms with E-state index in [-0.39, 0.29) is 16.9 Å². The second-order valence-corrected chi connectivity index (χ2v) is 3.18. The molecule has 0 atom stereocenters. The molecule has 0 N–H and O–H groups in total. The van der Waals surface area contributed by atoms with Crippen molar-refractivity contribution < 1.29 is 9.13 Å². The van der Waals surface area contributed by atoms with E-state index in [1.165, 1.54) is 0 Å². The van der Waals surface area contributed by atoms with Crippen molar-refractivity contribution in [2.45, 2.75) is 19.3 Å². The van der Waals surface area contributed by atoms with Crippen LogP contribution in [0.1, 0.15) is 19.3 Å². The largest absolute Gasteiger partial charge is 0.275 e. The minimum atomic E-state index is 0.234. The Bertz CT molecular complexity index is 75.0. The van der Waals surface area contributed by atoms with Crippen LogP contribution < -0.4 is 0 Å². The van der Waals surface area contributed by atoms with Crippen molar-refractivity contribution in [2.24, 2.45) is 0 Å². The van der Waals surface area contributed by atoms with E-state index in [9.17, 15) is 9.13 Å². The van der Waals surface area contributed by atoms with Crippen molar-refractivity contribution >= 4 is 16.9 Å². The van der Waals surface area contributed by atoms with Crippen LogP contribution in [0.3, 0.4) is 0 Å². The molecule has 0 spiro atoms. The summed E-state index contributed by atoms with van der Waals surface area (Å²) in [6, 6.07) is 0. The first-order valence-electron chi connectivity index (χ1n) is 3.00. The fourth-order valence-electron chi connectivity index (χ4n) is 0.529. The van der Waals surface area contributed by atoms with Crippen LogP contribution >= 0.6 is 16.9 Å². The van der Waals surface area contributed by atoms with E-state index in [0.29, 0.717) is 0 Å². The maximum Gasteiger partial charge on any atom is 0.155 e. The molecule has 4 heteroatoms. The Balaban J connectivity index is 2.74. The van der Waals surface area contributed by atoms with E-state index in [0.717, 1.165) is 31.6 Å². The second kappa shape index (κ2) is 8.20. The van der Waals surface area contributed by atoms with Gasteiger partial charge in [-0.1, -0.05) is 6.42 Å². The van der Waals surface area contributed by atoms with E-state index in [1.807, 2.05) is 0 Å². The highest BCUT2D eigenvalue weighted by Gasteiger charge is 1.87. The Labute approximate surface area is 58.4 Å². The molecule has 0 radical (unpaired) electrons. The van der Waals surface area contributed by atoms with E-state index < -0.39 is 0 Å². The molecule has 0 amide bonds. The van der Waals surface area contributed by atoms with E-state index in [4.69, 9.17) is 0 Å². The SMILES string of the molecule is O=PCCCCCP=O. The Kier molecular flexibility index (Phi) is 8.38. The third kappa shape index (κ3) is 8.20. The molecule has 0 fully saturated rings. The van der Waals surface area contributed by atoms with Gasteiger partial charge in [-0.25, -0.2) is 0 Å². The molecule has 0 saturated carbocycles. The van der Waals surface area contributed by atoms with Crippen molar-refractivity contribution in [3.05, 3.63) is 0 Å². The van der Waals surface area contributed by atoms with Gasteiger partial charge in [-0.2, -0.15) is 0 Å². The highest BCUT2D eigenvalue weighted by Crippen LogP contribution is 2.05. The molecule has 0 rings (SSSR count). The smallest absolute Gasteiger partial charge is 0.155 e. The molecule has 0 aromatic rings. The quantitative estimate of drug-likeness (QED) is 0.446. The average molecular weight is 164 g/mol. The van der Waals surface area contributed by atoms with Crippen LogP contribution in [0.25, 0.3) is 0 Å². The summed E-state index contributed by atoms with van der Waals surface area (Å²) in [4.78, 5) is 0. The fourth-order valence-corrected chi connectivity index (χ4v) is 1.23.